The number of hydrogen-bond donors (Lipinski definition) is 4. The molecule has 1 aromatic heterocycles. The molecule has 0 unspecified atom stereocenters. The largest absolute Gasteiger partial charge is 0.352 e. The molecule has 2 rings (SSSR count). The zero-order valence-corrected chi connectivity index (χ0v) is 11.3. The highest BCUT2D eigenvalue weighted by Crippen LogP contribution is 2.14. The fourth-order valence-electron chi connectivity index (χ4n) is 1.73. The van der Waals surface area contributed by atoms with Gasteiger partial charge in [-0.25, -0.2) is 9.78 Å². The molecular formula is C12H14ClN5O2. The van der Waals surface area contributed by atoms with Gasteiger partial charge in [-0.3, -0.25) is 4.79 Å². The van der Waals surface area contributed by atoms with Gasteiger partial charge in [0.15, 0.2) is 0 Å². The van der Waals surface area contributed by atoms with Crippen molar-refractivity contribution in [3.8, 4) is 0 Å². The number of halogens is 1. The van der Waals surface area contributed by atoms with E-state index in [0.717, 1.165) is 0 Å². The van der Waals surface area contributed by atoms with E-state index in [-0.39, 0.29) is 5.56 Å². The molecule has 106 valence electrons. The van der Waals surface area contributed by atoms with Crippen LogP contribution in [0.1, 0.15) is 5.82 Å². The summed E-state index contributed by atoms with van der Waals surface area (Å²) in [7, 11) is 0. The van der Waals surface area contributed by atoms with Gasteiger partial charge in [0.1, 0.15) is 5.82 Å². The Morgan fingerprint density at radius 3 is 2.95 bits per heavy atom. The fourth-order valence-corrected chi connectivity index (χ4v) is 1.89. The molecule has 0 aliphatic rings. The molecule has 7 nitrogen and oxygen atoms in total. The molecule has 8 heteroatoms. The van der Waals surface area contributed by atoms with Crippen molar-refractivity contribution < 1.29 is 4.79 Å². The molecule has 2 amide bonds. The van der Waals surface area contributed by atoms with Crippen LogP contribution in [0.4, 0.5) is 4.79 Å². The lowest BCUT2D eigenvalue weighted by atomic mass is 10.2. The van der Waals surface area contributed by atoms with E-state index in [2.05, 4.69) is 20.6 Å². The number of nitrogens with two attached hydrogens (primary N) is 1. The van der Waals surface area contributed by atoms with Crippen molar-refractivity contribution in [2.45, 2.75) is 6.54 Å². The molecule has 0 aliphatic heterocycles. The molecule has 0 saturated heterocycles. The Balaban J connectivity index is 2.04. The molecule has 0 fully saturated rings. The minimum atomic E-state index is -0.571. The number of fused-ring (bicyclic) bond motifs is 1. The molecule has 0 atom stereocenters. The van der Waals surface area contributed by atoms with Crippen LogP contribution in [-0.2, 0) is 6.54 Å². The molecule has 0 saturated carbocycles. The number of rotatable bonds is 5. The molecule has 2 aromatic rings. The van der Waals surface area contributed by atoms with E-state index in [1.807, 2.05) is 0 Å². The third-order valence-corrected chi connectivity index (χ3v) is 2.85. The summed E-state index contributed by atoms with van der Waals surface area (Å²) in [6, 6.07) is 4.36. The lowest BCUT2D eigenvalue weighted by Gasteiger charge is -2.06. The Morgan fingerprint density at radius 1 is 1.40 bits per heavy atom. The normalized spacial score (nSPS) is 10.7. The monoisotopic (exact) mass is 295 g/mol. The van der Waals surface area contributed by atoms with Gasteiger partial charge >= 0.3 is 6.03 Å². The van der Waals surface area contributed by atoms with Crippen LogP contribution in [-0.4, -0.2) is 29.1 Å². The van der Waals surface area contributed by atoms with Crippen LogP contribution >= 0.6 is 11.6 Å². The van der Waals surface area contributed by atoms with E-state index in [4.69, 9.17) is 17.3 Å². The first-order valence-corrected chi connectivity index (χ1v) is 6.36. The average molecular weight is 296 g/mol. The van der Waals surface area contributed by atoms with Crippen molar-refractivity contribution in [3.63, 3.8) is 0 Å². The SMILES string of the molecule is NC(=O)NCCNCc1nc2cc(Cl)ccc2c(=O)[nH]1. The minimum Gasteiger partial charge on any atom is -0.352 e. The van der Waals surface area contributed by atoms with Gasteiger partial charge in [-0.2, -0.15) is 0 Å². The van der Waals surface area contributed by atoms with Gasteiger partial charge in [-0.1, -0.05) is 11.6 Å². The number of amides is 2. The lowest BCUT2D eigenvalue weighted by molar-refractivity contribution is 0.249. The summed E-state index contributed by atoms with van der Waals surface area (Å²) in [5.74, 6) is 0.504. The summed E-state index contributed by atoms with van der Waals surface area (Å²) in [4.78, 5) is 29.3. The molecule has 20 heavy (non-hydrogen) atoms. The van der Waals surface area contributed by atoms with Gasteiger partial charge in [0, 0.05) is 18.1 Å². The second kappa shape index (κ2) is 6.36. The molecule has 0 radical (unpaired) electrons. The van der Waals surface area contributed by atoms with Crippen molar-refractivity contribution in [3.05, 3.63) is 39.4 Å². The standard InChI is InChI=1S/C12H14ClN5O2/c13-7-1-2-8-9(5-7)17-10(18-11(8)19)6-15-3-4-16-12(14)20/h1-2,5,15H,3-4,6H2,(H3,14,16,20)(H,17,18,19). The van der Waals surface area contributed by atoms with Crippen LogP contribution in [0.3, 0.4) is 0 Å². The topological polar surface area (TPSA) is 113 Å². The Morgan fingerprint density at radius 2 is 2.20 bits per heavy atom. The highest BCUT2D eigenvalue weighted by Gasteiger charge is 2.04. The molecule has 5 N–H and O–H groups in total. The van der Waals surface area contributed by atoms with Crippen LogP contribution in [0.15, 0.2) is 23.0 Å². The third kappa shape index (κ3) is 3.69. The zero-order valence-electron chi connectivity index (χ0n) is 10.6. The molecule has 0 spiro atoms. The average Bonchev–Trinajstić information content (AvgIpc) is 2.37. The van der Waals surface area contributed by atoms with Crippen molar-refractivity contribution in [2.75, 3.05) is 13.1 Å². The van der Waals surface area contributed by atoms with Gasteiger partial charge in [0.2, 0.25) is 0 Å². The first-order valence-electron chi connectivity index (χ1n) is 5.99. The summed E-state index contributed by atoms with van der Waals surface area (Å²) in [5, 5.41) is 6.50. The summed E-state index contributed by atoms with van der Waals surface area (Å²) >= 11 is 5.88. The van der Waals surface area contributed by atoms with E-state index in [9.17, 15) is 9.59 Å². The highest BCUT2D eigenvalue weighted by molar-refractivity contribution is 6.31. The van der Waals surface area contributed by atoms with E-state index < -0.39 is 6.03 Å². The summed E-state index contributed by atoms with van der Waals surface area (Å²) < 4.78 is 0. The third-order valence-electron chi connectivity index (χ3n) is 2.61. The first-order chi connectivity index (χ1) is 9.56. The number of hydrogen-bond acceptors (Lipinski definition) is 4. The van der Waals surface area contributed by atoms with Gasteiger partial charge in [-0.05, 0) is 18.2 Å². The van der Waals surface area contributed by atoms with Crippen molar-refractivity contribution >= 4 is 28.5 Å². The molecular weight excluding hydrogens is 282 g/mol. The van der Waals surface area contributed by atoms with E-state index in [1.165, 1.54) is 0 Å². The number of carbonyl (C=O) groups is 1. The zero-order chi connectivity index (χ0) is 14.5. The summed E-state index contributed by atoms with van der Waals surface area (Å²) in [5.41, 5.74) is 5.27. The number of urea groups is 1. The van der Waals surface area contributed by atoms with Gasteiger partial charge in [0.05, 0.1) is 17.4 Å². The van der Waals surface area contributed by atoms with E-state index >= 15 is 0 Å². The fraction of sp³-hybridized carbons (Fsp3) is 0.250. The molecule has 1 aromatic carbocycles. The molecule has 0 bridgehead atoms. The van der Waals surface area contributed by atoms with Crippen molar-refractivity contribution in [2.24, 2.45) is 5.73 Å². The summed E-state index contributed by atoms with van der Waals surface area (Å²) in [6.07, 6.45) is 0. The van der Waals surface area contributed by atoms with Crippen molar-refractivity contribution in [1.82, 2.24) is 20.6 Å². The second-order valence-corrected chi connectivity index (χ2v) is 4.58. The van der Waals surface area contributed by atoms with E-state index in [1.54, 1.807) is 18.2 Å². The quantitative estimate of drug-likeness (QED) is 0.595. The molecule has 1 heterocycles. The maximum atomic E-state index is 11.8. The maximum Gasteiger partial charge on any atom is 0.312 e. The molecule has 0 aliphatic carbocycles. The smallest absolute Gasteiger partial charge is 0.312 e. The number of carbonyl (C=O) groups excluding carboxylic acids is 1. The number of nitrogens with one attached hydrogen (secondary N) is 3. The number of primary amides is 1. The van der Waals surface area contributed by atoms with Gasteiger partial charge < -0.3 is 21.4 Å². The Labute approximate surface area is 119 Å². The van der Waals surface area contributed by atoms with Crippen LogP contribution in [0, 0.1) is 0 Å². The Bertz CT molecular complexity index is 685. The second-order valence-electron chi connectivity index (χ2n) is 4.14. The predicted octanol–water partition coefficient (Wildman–Crippen LogP) is 0.334. The first kappa shape index (κ1) is 14.3. The van der Waals surface area contributed by atoms with Crippen LogP contribution in [0.5, 0.6) is 0 Å². The number of aromatic nitrogens is 2. The lowest BCUT2D eigenvalue weighted by Crippen LogP contribution is -2.35. The maximum absolute atomic E-state index is 11.8. The van der Waals surface area contributed by atoms with Crippen LogP contribution in [0.25, 0.3) is 10.9 Å². The number of nitrogens with zero attached hydrogens (tertiary/aromatic N) is 1. The van der Waals surface area contributed by atoms with Gasteiger partial charge in [-0.15, -0.1) is 0 Å². The van der Waals surface area contributed by atoms with E-state index in [0.29, 0.717) is 41.4 Å². The Kier molecular flexibility index (Phi) is 4.54. The predicted molar refractivity (Wildman–Crippen MR) is 76.7 cm³/mol. The summed E-state index contributed by atoms with van der Waals surface area (Å²) in [6.45, 7) is 1.29. The van der Waals surface area contributed by atoms with Crippen molar-refractivity contribution in [1.29, 1.82) is 0 Å². The number of H-pyrrole nitrogens is 1. The minimum absolute atomic E-state index is 0.210. The van der Waals surface area contributed by atoms with Crippen LogP contribution < -0.4 is 21.9 Å². The number of benzene rings is 1. The Hall–Kier alpha value is -2.12. The van der Waals surface area contributed by atoms with Crippen LogP contribution in [0.2, 0.25) is 5.02 Å². The highest BCUT2D eigenvalue weighted by atomic mass is 35.5. The number of aromatic amines is 1. The van der Waals surface area contributed by atoms with Gasteiger partial charge in [0.25, 0.3) is 5.56 Å².